The summed E-state index contributed by atoms with van der Waals surface area (Å²) in [5, 5.41) is 9.84. The number of piperazine rings is 1. The molecular weight excluding hydrogens is 248 g/mol. The zero-order valence-corrected chi connectivity index (χ0v) is 12.2. The number of rotatable bonds is 6. The number of hydrogen-bond donors (Lipinski definition) is 1. The van der Waals surface area contributed by atoms with Crippen molar-refractivity contribution in [3.05, 3.63) is 0 Å². The van der Waals surface area contributed by atoms with Gasteiger partial charge in [0, 0.05) is 32.7 Å². The van der Waals surface area contributed by atoms with Gasteiger partial charge in [-0.1, -0.05) is 0 Å². The van der Waals surface area contributed by atoms with Crippen LogP contribution in [0.3, 0.4) is 0 Å². The molecule has 0 aliphatic carbocycles. The van der Waals surface area contributed by atoms with Crippen molar-refractivity contribution in [3.8, 4) is 0 Å². The molecule has 0 spiro atoms. The second-order valence-electron chi connectivity index (χ2n) is 5.02. The van der Waals surface area contributed by atoms with Gasteiger partial charge in [-0.3, -0.25) is 4.90 Å². The van der Waals surface area contributed by atoms with Gasteiger partial charge < -0.3 is 19.5 Å². The second kappa shape index (κ2) is 8.35. The first-order valence-electron chi connectivity index (χ1n) is 6.96. The molecule has 0 saturated carbocycles. The number of nitrogens with zero attached hydrogens (tertiary/aromatic N) is 2. The Morgan fingerprint density at radius 3 is 2.42 bits per heavy atom. The molecule has 19 heavy (non-hydrogen) atoms. The van der Waals surface area contributed by atoms with Crippen molar-refractivity contribution in [1.82, 2.24) is 9.80 Å². The summed E-state index contributed by atoms with van der Waals surface area (Å²) in [5.41, 5.74) is 0. The fourth-order valence-corrected chi connectivity index (χ4v) is 1.98. The van der Waals surface area contributed by atoms with Gasteiger partial charge in [0.15, 0.2) is 0 Å². The molecule has 0 radical (unpaired) electrons. The molecule has 1 saturated heterocycles. The van der Waals surface area contributed by atoms with E-state index in [-0.39, 0.29) is 12.2 Å². The molecule has 0 aromatic heterocycles. The van der Waals surface area contributed by atoms with Crippen LogP contribution in [0.4, 0.5) is 4.79 Å². The van der Waals surface area contributed by atoms with Gasteiger partial charge in [-0.25, -0.2) is 4.79 Å². The zero-order chi connectivity index (χ0) is 14.3. The Labute approximate surface area is 115 Å². The molecule has 0 unspecified atom stereocenters. The lowest BCUT2D eigenvalue weighted by Crippen LogP contribution is -2.51. The van der Waals surface area contributed by atoms with E-state index < -0.39 is 6.10 Å². The van der Waals surface area contributed by atoms with Crippen molar-refractivity contribution in [2.45, 2.75) is 33.0 Å². The van der Waals surface area contributed by atoms with Crippen molar-refractivity contribution >= 4 is 6.09 Å². The summed E-state index contributed by atoms with van der Waals surface area (Å²) in [6.07, 6.45) is -0.585. The average Bonchev–Trinajstić information content (AvgIpc) is 2.37. The minimum Gasteiger partial charge on any atom is -0.450 e. The Balaban J connectivity index is 2.20. The Hall–Kier alpha value is -0.850. The highest BCUT2D eigenvalue weighted by Crippen LogP contribution is 2.05. The molecule has 6 heteroatoms. The fourth-order valence-electron chi connectivity index (χ4n) is 1.98. The van der Waals surface area contributed by atoms with E-state index in [0.29, 0.717) is 32.8 Å². The molecule has 1 heterocycles. The Kier molecular flexibility index (Phi) is 7.12. The van der Waals surface area contributed by atoms with Gasteiger partial charge in [-0.15, -0.1) is 0 Å². The molecule has 0 aromatic rings. The Morgan fingerprint density at radius 1 is 1.26 bits per heavy atom. The molecular formula is C13H26N2O4. The average molecular weight is 274 g/mol. The molecule has 1 aliphatic rings. The first-order chi connectivity index (χ1) is 9.02. The van der Waals surface area contributed by atoms with Gasteiger partial charge >= 0.3 is 6.09 Å². The summed E-state index contributed by atoms with van der Waals surface area (Å²) < 4.78 is 10.3. The van der Waals surface area contributed by atoms with Crippen LogP contribution in [0.2, 0.25) is 0 Å². The van der Waals surface area contributed by atoms with Gasteiger partial charge in [-0.2, -0.15) is 0 Å². The summed E-state index contributed by atoms with van der Waals surface area (Å²) in [6, 6.07) is 0. The standard InChI is InChI=1S/C13H26N2O4/c1-4-18-13(17)15-7-5-14(6-8-15)9-12(16)10-19-11(2)3/h11-12,16H,4-10H2,1-3H3/t12-/m0/s1. The predicted octanol–water partition coefficient (Wildman–Crippen LogP) is 0.546. The van der Waals surface area contributed by atoms with Crippen LogP contribution in [0.5, 0.6) is 0 Å². The maximum Gasteiger partial charge on any atom is 0.409 e. The lowest BCUT2D eigenvalue weighted by Gasteiger charge is -2.34. The van der Waals surface area contributed by atoms with Crippen LogP contribution >= 0.6 is 0 Å². The van der Waals surface area contributed by atoms with Gasteiger partial charge in [0.25, 0.3) is 0 Å². The highest BCUT2D eigenvalue weighted by atomic mass is 16.6. The van der Waals surface area contributed by atoms with Crippen molar-refractivity contribution in [2.24, 2.45) is 0 Å². The number of aliphatic hydroxyl groups excluding tert-OH is 1. The minimum atomic E-state index is -0.475. The molecule has 1 rings (SSSR count). The van der Waals surface area contributed by atoms with Gasteiger partial charge in [0.1, 0.15) is 0 Å². The van der Waals surface area contributed by atoms with Gasteiger partial charge in [0.2, 0.25) is 0 Å². The van der Waals surface area contributed by atoms with E-state index in [1.807, 2.05) is 13.8 Å². The summed E-state index contributed by atoms with van der Waals surface area (Å²) >= 11 is 0. The van der Waals surface area contributed by atoms with Crippen molar-refractivity contribution in [2.75, 3.05) is 45.9 Å². The smallest absolute Gasteiger partial charge is 0.409 e. The number of carbonyl (C=O) groups is 1. The minimum absolute atomic E-state index is 0.135. The van der Waals surface area contributed by atoms with Crippen LogP contribution in [0, 0.1) is 0 Å². The predicted molar refractivity (Wildman–Crippen MR) is 72.1 cm³/mol. The van der Waals surface area contributed by atoms with Crippen molar-refractivity contribution < 1.29 is 19.4 Å². The number of carbonyl (C=O) groups excluding carboxylic acids is 1. The van der Waals surface area contributed by atoms with E-state index in [1.54, 1.807) is 11.8 Å². The third-order valence-corrected chi connectivity index (χ3v) is 2.99. The number of hydrogen-bond acceptors (Lipinski definition) is 5. The Morgan fingerprint density at radius 2 is 1.89 bits per heavy atom. The SMILES string of the molecule is CCOC(=O)N1CCN(C[C@H](O)COC(C)C)CC1. The van der Waals surface area contributed by atoms with Crippen molar-refractivity contribution in [1.29, 1.82) is 0 Å². The molecule has 0 bridgehead atoms. The molecule has 6 nitrogen and oxygen atoms in total. The highest BCUT2D eigenvalue weighted by molar-refractivity contribution is 5.67. The third kappa shape index (κ3) is 6.22. The van der Waals surface area contributed by atoms with E-state index in [4.69, 9.17) is 9.47 Å². The van der Waals surface area contributed by atoms with Crippen LogP contribution in [0.25, 0.3) is 0 Å². The van der Waals surface area contributed by atoms with Gasteiger partial charge in [0.05, 0.1) is 25.4 Å². The number of ether oxygens (including phenoxy) is 2. The molecule has 1 atom stereocenters. The molecule has 112 valence electrons. The monoisotopic (exact) mass is 274 g/mol. The molecule has 1 aliphatic heterocycles. The van der Waals surface area contributed by atoms with E-state index in [2.05, 4.69) is 4.90 Å². The lowest BCUT2D eigenvalue weighted by atomic mass is 10.2. The highest BCUT2D eigenvalue weighted by Gasteiger charge is 2.23. The fraction of sp³-hybridized carbons (Fsp3) is 0.923. The van der Waals surface area contributed by atoms with E-state index >= 15 is 0 Å². The molecule has 1 fully saturated rings. The van der Waals surface area contributed by atoms with Gasteiger partial charge in [-0.05, 0) is 20.8 Å². The zero-order valence-electron chi connectivity index (χ0n) is 12.2. The summed E-state index contributed by atoms with van der Waals surface area (Å²) in [6.45, 7) is 9.88. The van der Waals surface area contributed by atoms with Crippen LogP contribution in [-0.4, -0.2) is 79.1 Å². The number of amides is 1. The first-order valence-corrected chi connectivity index (χ1v) is 6.96. The summed E-state index contributed by atoms with van der Waals surface area (Å²) in [4.78, 5) is 15.4. The van der Waals surface area contributed by atoms with Crippen LogP contribution in [-0.2, 0) is 9.47 Å². The van der Waals surface area contributed by atoms with E-state index in [9.17, 15) is 9.90 Å². The number of β-amino-alcohol motifs (C(OH)–C–C–N with tert-alkyl or cyclic N) is 1. The Bertz CT molecular complexity index is 265. The maximum atomic E-state index is 11.5. The molecule has 1 amide bonds. The van der Waals surface area contributed by atoms with E-state index in [0.717, 1.165) is 13.1 Å². The van der Waals surface area contributed by atoms with Crippen LogP contribution in [0.15, 0.2) is 0 Å². The number of aliphatic hydroxyl groups is 1. The molecule has 1 N–H and O–H groups in total. The third-order valence-electron chi connectivity index (χ3n) is 2.99. The largest absolute Gasteiger partial charge is 0.450 e. The quantitative estimate of drug-likeness (QED) is 0.766. The maximum absolute atomic E-state index is 11.5. The van der Waals surface area contributed by atoms with E-state index in [1.165, 1.54) is 0 Å². The van der Waals surface area contributed by atoms with Crippen molar-refractivity contribution in [3.63, 3.8) is 0 Å². The normalized spacial score (nSPS) is 18.7. The summed E-state index contributed by atoms with van der Waals surface area (Å²) in [5.74, 6) is 0. The summed E-state index contributed by atoms with van der Waals surface area (Å²) in [7, 11) is 0. The molecule has 0 aromatic carbocycles. The topological polar surface area (TPSA) is 62.2 Å². The second-order valence-corrected chi connectivity index (χ2v) is 5.02. The lowest BCUT2D eigenvalue weighted by molar-refractivity contribution is -0.0144. The first kappa shape index (κ1) is 16.2. The van der Waals surface area contributed by atoms with Crippen LogP contribution in [0.1, 0.15) is 20.8 Å². The van der Waals surface area contributed by atoms with Crippen LogP contribution < -0.4 is 0 Å².